The molecule has 1 amide bonds. The molecular weight excluding hydrogens is 312 g/mol. The van der Waals surface area contributed by atoms with E-state index in [9.17, 15) is 4.79 Å². The first-order valence-corrected chi connectivity index (χ1v) is 8.84. The first-order valence-electron chi connectivity index (χ1n) is 8.84. The molecule has 25 heavy (non-hydrogen) atoms. The van der Waals surface area contributed by atoms with E-state index >= 15 is 0 Å². The topological polar surface area (TPSA) is 41.6 Å². The summed E-state index contributed by atoms with van der Waals surface area (Å²) in [6, 6.07) is 13.8. The molecule has 0 radical (unpaired) electrons. The van der Waals surface area contributed by atoms with Gasteiger partial charge in [-0.3, -0.25) is 4.79 Å². The maximum Gasteiger partial charge on any atom is 0.265 e. The van der Waals surface area contributed by atoms with Crippen molar-refractivity contribution in [2.75, 3.05) is 23.3 Å². The van der Waals surface area contributed by atoms with Gasteiger partial charge in [0.05, 0.1) is 0 Å². The predicted octanol–water partition coefficient (Wildman–Crippen LogP) is 4.56. The number of anilines is 2. The molecule has 0 saturated carbocycles. The van der Waals surface area contributed by atoms with Crippen molar-refractivity contribution in [3.05, 3.63) is 53.6 Å². The second-order valence-electron chi connectivity index (χ2n) is 6.23. The van der Waals surface area contributed by atoms with Crippen molar-refractivity contribution in [2.24, 2.45) is 0 Å². The van der Waals surface area contributed by atoms with Crippen LogP contribution in [0.4, 0.5) is 11.4 Å². The third kappa shape index (κ3) is 4.99. The molecule has 1 N–H and O–H groups in total. The van der Waals surface area contributed by atoms with Crippen LogP contribution in [0.3, 0.4) is 0 Å². The highest BCUT2D eigenvalue weighted by Gasteiger charge is 2.16. The third-order valence-corrected chi connectivity index (χ3v) is 4.30. The number of hydrogen-bond donors (Lipinski definition) is 1. The molecule has 0 aliphatic carbocycles. The lowest BCUT2D eigenvalue weighted by Crippen LogP contribution is -2.30. The average molecular weight is 340 g/mol. The van der Waals surface area contributed by atoms with Gasteiger partial charge in [0.25, 0.3) is 5.91 Å². The van der Waals surface area contributed by atoms with Gasteiger partial charge in [0.1, 0.15) is 5.75 Å². The summed E-state index contributed by atoms with van der Waals surface area (Å²) in [5.41, 5.74) is 4.19. The molecule has 134 valence electrons. The van der Waals surface area contributed by atoms with Gasteiger partial charge in [-0.2, -0.15) is 0 Å². The van der Waals surface area contributed by atoms with Crippen LogP contribution in [0.2, 0.25) is 0 Å². The molecule has 0 spiro atoms. The Bertz CT molecular complexity index is 706. The fourth-order valence-corrected chi connectivity index (χ4v) is 2.68. The highest BCUT2D eigenvalue weighted by Crippen LogP contribution is 2.23. The molecule has 1 atom stereocenters. The first kappa shape index (κ1) is 18.8. The Kier molecular flexibility index (Phi) is 6.45. The Morgan fingerprint density at radius 3 is 2.28 bits per heavy atom. The minimum Gasteiger partial charge on any atom is -0.481 e. The molecule has 2 aromatic carbocycles. The van der Waals surface area contributed by atoms with Crippen molar-refractivity contribution < 1.29 is 9.53 Å². The number of ether oxygens (including phenoxy) is 1. The van der Waals surface area contributed by atoms with Crippen molar-refractivity contribution in [2.45, 2.75) is 40.7 Å². The summed E-state index contributed by atoms with van der Waals surface area (Å²) in [5.74, 6) is 0.543. The number of carbonyl (C=O) groups excluding carboxylic acids is 1. The Hall–Kier alpha value is -2.49. The molecule has 0 bridgehead atoms. The van der Waals surface area contributed by atoms with Gasteiger partial charge in [-0.15, -0.1) is 0 Å². The lowest BCUT2D eigenvalue weighted by Gasteiger charge is -2.22. The molecule has 2 aromatic rings. The van der Waals surface area contributed by atoms with E-state index in [0.717, 1.165) is 29.9 Å². The summed E-state index contributed by atoms with van der Waals surface area (Å²) in [4.78, 5) is 14.7. The number of benzene rings is 2. The minimum absolute atomic E-state index is 0.153. The summed E-state index contributed by atoms with van der Waals surface area (Å²) in [7, 11) is 0. The van der Waals surface area contributed by atoms with E-state index < -0.39 is 6.10 Å². The van der Waals surface area contributed by atoms with Crippen LogP contribution in [0.1, 0.15) is 31.9 Å². The molecule has 0 aliphatic heterocycles. The lowest BCUT2D eigenvalue weighted by atomic mass is 10.1. The number of carbonyl (C=O) groups is 1. The number of amides is 1. The molecule has 4 heteroatoms. The number of hydrogen-bond acceptors (Lipinski definition) is 3. The Labute approximate surface area is 150 Å². The summed E-state index contributed by atoms with van der Waals surface area (Å²) >= 11 is 0. The van der Waals surface area contributed by atoms with Crippen molar-refractivity contribution in [3.63, 3.8) is 0 Å². The third-order valence-electron chi connectivity index (χ3n) is 4.30. The van der Waals surface area contributed by atoms with Crippen molar-refractivity contribution in [1.82, 2.24) is 0 Å². The van der Waals surface area contributed by atoms with E-state index in [1.54, 1.807) is 6.92 Å². The minimum atomic E-state index is -0.565. The first-order chi connectivity index (χ1) is 11.9. The fourth-order valence-electron chi connectivity index (χ4n) is 2.68. The van der Waals surface area contributed by atoms with Crippen LogP contribution in [0, 0.1) is 13.8 Å². The molecular formula is C21H28N2O2. The Morgan fingerprint density at radius 1 is 1.08 bits per heavy atom. The van der Waals surface area contributed by atoms with Crippen LogP contribution in [-0.4, -0.2) is 25.1 Å². The van der Waals surface area contributed by atoms with Gasteiger partial charge in [0, 0.05) is 24.5 Å². The van der Waals surface area contributed by atoms with Crippen molar-refractivity contribution in [1.29, 1.82) is 0 Å². The highest BCUT2D eigenvalue weighted by molar-refractivity contribution is 5.95. The maximum atomic E-state index is 12.4. The number of nitrogens with one attached hydrogen (secondary N) is 1. The summed E-state index contributed by atoms with van der Waals surface area (Å²) in [5, 5.41) is 2.96. The van der Waals surface area contributed by atoms with E-state index in [1.807, 2.05) is 50.2 Å². The molecule has 0 aliphatic rings. The zero-order chi connectivity index (χ0) is 18.4. The van der Waals surface area contributed by atoms with Gasteiger partial charge < -0.3 is 15.0 Å². The van der Waals surface area contributed by atoms with Crippen LogP contribution in [-0.2, 0) is 4.79 Å². The Morgan fingerprint density at radius 2 is 1.72 bits per heavy atom. The predicted molar refractivity (Wildman–Crippen MR) is 105 cm³/mol. The monoisotopic (exact) mass is 340 g/mol. The summed E-state index contributed by atoms with van der Waals surface area (Å²) < 4.78 is 5.72. The van der Waals surface area contributed by atoms with E-state index in [1.165, 1.54) is 5.69 Å². The SMILES string of the molecule is CCN(CC)c1ccc(NC(=O)C(C)Oc2ccc(C)cc2)c(C)c1. The number of nitrogens with zero attached hydrogens (tertiary/aromatic N) is 1. The van der Waals surface area contributed by atoms with Crippen LogP contribution >= 0.6 is 0 Å². The fraction of sp³-hybridized carbons (Fsp3) is 0.381. The van der Waals surface area contributed by atoms with Gasteiger partial charge in [-0.1, -0.05) is 17.7 Å². The van der Waals surface area contributed by atoms with E-state index in [4.69, 9.17) is 4.74 Å². The van der Waals surface area contributed by atoms with Crippen LogP contribution < -0.4 is 15.0 Å². The average Bonchev–Trinajstić information content (AvgIpc) is 2.60. The van der Waals surface area contributed by atoms with Gasteiger partial charge in [0.15, 0.2) is 6.10 Å². The van der Waals surface area contributed by atoms with Crippen LogP contribution in [0.25, 0.3) is 0 Å². The smallest absolute Gasteiger partial charge is 0.265 e. The zero-order valence-corrected chi connectivity index (χ0v) is 15.8. The summed E-state index contributed by atoms with van der Waals surface area (Å²) in [6.45, 7) is 12.0. The quantitative estimate of drug-likeness (QED) is 0.803. The van der Waals surface area contributed by atoms with E-state index in [2.05, 4.69) is 30.1 Å². The maximum absolute atomic E-state index is 12.4. The standard InChI is InChI=1S/C21H28N2O2/c1-6-23(7-2)18-10-13-20(16(4)14-18)22-21(24)17(5)25-19-11-8-15(3)9-12-19/h8-14,17H,6-7H2,1-5H3,(H,22,24). The van der Waals surface area contributed by atoms with E-state index in [-0.39, 0.29) is 5.91 Å². The normalized spacial score (nSPS) is 11.7. The van der Waals surface area contributed by atoms with Crippen LogP contribution in [0.15, 0.2) is 42.5 Å². The second kappa shape index (κ2) is 8.56. The molecule has 0 aromatic heterocycles. The number of rotatable bonds is 7. The molecule has 0 saturated heterocycles. The largest absolute Gasteiger partial charge is 0.481 e. The van der Waals surface area contributed by atoms with E-state index in [0.29, 0.717) is 5.75 Å². The zero-order valence-electron chi connectivity index (χ0n) is 15.8. The highest BCUT2D eigenvalue weighted by atomic mass is 16.5. The molecule has 1 unspecified atom stereocenters. The van der Waals surface area contributed by atoms with Gasteiger partial charge in [-0.05, 0) is 70.5 Å². The van der Waals surface area contributed by atoms with Crippen molar-refractivity contribution >= 4 is 17.3 Å². The summed E-state index contributed by atoms with van der Waals surface area (Å²) in [6.07, 6.45) is -0.565. The number of aryl methyl sites for hydroxylation is 2. The second-order valence-corrected chi connectivity index (χ2v) is 6.23. The van der Waals surface area contributed by atoms with Gasteiger partial charge >= 0.3 is 0 Å². The van der Waals surface area contributed by atoms with Crippen LogP contribution in [0.5, 0.6) is 5.75 Å². The van der Waals surface area contributed by atoms with Gasteiger partial charge in [0.2, 0.25) is 0 Å². The Balaban J connectivity index is 2.03. The van der Waals surface area contributed by atoms with Crippen molar-refractivity contribution in [3.8, 4) is 5.75 Å². The molecule has 0 heterocycles. The molecule has 0 fully saturated rings. The molecule has 2 rings (SSSR count). The lowest BCUT2D eigenvalue weighted by molar-refractivity contribution is -0.122. The molecule has 4 nitrogen and oxygen atoms in total. The van der Waals surface area contributed by atoms with Gasteiger partial charge in [-0.25, -0.2) is 0 Å².